The van der Waals surface area contributed by atoms with Gasteiger partial charge >= 0.3 is 0 Å². The molecule has 1 aromatic rings. The van der Waals surface area contributed by atoms with Gasteiger partial charge in [0.2, 0.25) is 0 Å². The number of hydrogen-bond donors (Lipinski definition) is 0. The van der Waals surface area contributed by atoms with E-state index in [9.17, 15) is 0 Å². The molecule has 3 nitrogen and oxygen atoms in total. The van der Waals surface area contributed by atoms with Gasteiger partial charge in [-0.2, -0.15) is 0 Å². The van der Waals surface area contributed by atoms with E-state index in [1.807, 2.05) is 25.1 Å². The van der Waals surface area contributed by atoms with Crippen LogP contribution in [0.25, 0.3) is 0 Å². The van der Waals surface area contributed by atoms with Gasteiger partial charge in [0.15, 0.2) is 6.29 Å². The van der Waals surface area contributed by atoms with Crippen LogP contribution in [0.2, 0.25) is 0 Å². The summed E-state index contributed by atoms with van der Waals surface area (Å²) < 4.78 is 17.3. The number of benzene rings is 1. The molecule has 0 bridgehead atoms. The molecule has 1 aliphatic rings. The van der Waals surface area contributed by atoms with Crippen LogP contribution in [0.3, 0.4) is 0 Å². The molecule has 2 unspecified atom stereocenters. The first kappa shape index (κ1) is 10.9. The molecule has 0 spiro atoms. The first-order valence-corrected chi connectivity index (χ1v) is 5.60. The maximum Gasteiger partial charge on any atom is 0.185 e. The second-order valence-electron chi connectivity index (χ2n) is 3.50. The highest BCUT2D eigenvalue weighted by molar-refractivity contribution is 9.10. The summed E-state index contributed by atoms with van der Waals surface area (Å²) in [7, 11) is 1.64. The Morgan fingerprint density at radius 3 is 2.87 bits per heavy atom. The molecule has 1 aromatic carbocycles. The van der Waals surface area contributed by atoms with E-state index in [0.717, 1.165) is 15.8 Å². The molecule has 82 valence electrons. The van der Waals surface area contributed by atoms with Crippen molar-refractivity contribution in [1.29, 1.82) is 0 Å². The van der Waals surface area contributed by atoms with Gasteiger partial charge in [0.25, 0.3) is 0 Å². The highest BCUT2D eigenvalue weighted by Crippen LogP contribution is 2.34. The lowest BCUT2D eigenvalue weighted by Crippen LogP contribution is -2.03. The number of hydrogen-bond acceptors (Lipinski definition) is 3. The number of rotatable bonds is 2. The minimum absolute atomic E-state index is 0.146. The van der Waals surface area contributed by atoms with E-state index in [2.05, 4.69) is 15.9 Å². The Labute approximate surface area is 97.5 Å². The van der Waals surface area contributed by atoms with E-state index in [1.165, 1.54) is 0 Å². The average molecular weight is 273 g/mol. The number of methoxy groups -OCH3 is 1. The molecular formula is C11H13BrO3. The van der Waals surface area contributed by atoms with E-state index in [4.69, 9.17) is 14.2 Å². The Balaban J connectivity index is 2.26. The smallest absolute Gasteiger partial charge is 0.185 e. The van der Waals surface area contributed by atoms with Gasteiger partial charge in [0, 0.05) is 10.0 Å². The predicted molar refractivity (Wildman–Crippen MR) is 59.9 cm³/mol. The van der Waals surface area contributed by atoms with Crippen molar-refractivity contribution >= 4 is 15.9 Å². The third-order valence-corrected chi connectivity index (χ3v) is 3.02. The average Bonchev–Trinajstić information content (AvgIpc) is 2.65. The standard InChI is InChI=1S/C11H13BrO3/c1-7-6-14-11(15-7)9-5-8(13-2)3-4-10(9)12/h3-5,7,11H,6H2,1-2H3. The molecule has 0 aliphatic carbocycles. The quantitative estimate of drug-likeness (QED) is 0.829. The SMILES string of the molecule is COc1ccc(Br)c(C2OCC(C)O2)c1. The van der Waals surface area contributed by atoms with E-state index in [-0.39, 0.29) is 12.4 Å². The molecule has 1 heterocycles. The molecule has 0 amide bonds. The van der Waals surface area contributed by atoms with E-state index in [1.54, 1.807) is 7.11 Å². The van der Waals surface area contributed by atoms with Crippen LogP contribution in [0.5, 0.6) is 5.75 Å². The number of halogens is 1. The molecule has 15 heavy (non-hydrogen) atoms. The Bertz CT molecular complexity index is 354. The van der Waals surface area contributed by atoms with Crippen LogP contribution >= 0.6 is 15.9 Å². The van der Waals surface area contributed by atoms with Gasteiger partial charge in [-0.15, -0.1) is 0 Å². The lowest BCUT2D eigenvalue weighted by molar-refractivity contribution is -0.0578. The monoisotopic (exact) mass is 272 g/mol. The molecule has 1 fully saturated rings. The summed E-state index contributed by atoms with van der Waals surface area (Å²) in [5, 5.41) is 0. The predicted octanol–water partition coefficient (Wildman–Crippen LogP) is 2.89. The maximum atomic E-state index is 5.62. The van der Waals surface area contributed by atoms with Crippen molar-refractivity contribution in [2.24, 2.45) is 0 Å². The fourth-order valence-electron chi connectivity index (χ4n) is 1.50. The van der Waals surface area contributed by atoms with Crippen molar-refractivity contribution in [1.82, 2.24) is 0 Å². The minimum Gasteiger partial charge on any atom is -0.497 e. The zero-order valence-corrected chi connectivity index (χ0v) is 10.3. The van der Waals surface area contributed by atoms with Gasteiger partial charge in [0.1, 0.15) is 5.75 Å². The molecule has 0 aromatic heterocycles. The Hall–Kier alpha value is -0.580. The summed E-state index contributed by atoms with van der Waals surface area (Å²) in [6.45, 7) is 2.63. The fraction of sp³-hybridized carbons (Fsp3) is 0.455. The van der Waals surface area contributed by atoms with Crippen LogP contribution in [0.15, 0.2) is 22.7 Å². The van der Waals surface area contributed by atoms with E-state index >= 15 is 0 Å². The molecule has 2 rings (SSSR count). The molecule has 2 atom stereocenters. The van der Waals surface area contributed by atoms with Crippen LogP contribution in [-0.4, -0.2) is 19.8 Å². The van der Waals surface area contributed by atoms with Gasteiger partial charge in [-0.25, -0.2) is 0 Å². The van der Waals surface area contributed by atoms with E-state index in [0.29, 0.717) is 6.61 Å². The summed E-state index contributed by atoms with van der Waals surface area (Å²) in [6.07, 6.45) is -0.141. The fourth-order valence-corrected chi connectivity index (χ4v) is 1.94. The molecule has 1 aliphatic heterocycles. The topological polar surface area (TPSA) is 27.7 Å². The lowest BCUT2D eigenvalue weighted by atomic mass is 10.2. The van der Waals surface area contributed by atoms with E-state index < -0.39 is 0 Å². The highest BCUT2D eigenvalue weighted by atomic mass is 79.9. The normalized spacial score (nSPS) is 25.5. The third kappa shape index (κ3) is 2.33. The molecule has 4 heteroatoms. The molecule has 0 radical (unpaired) electrons. The summed E-state index contributed by atoms with van der Waals surface area (Å²) in [4.78, 5) is 0. The van der Waals surface area contributed by atoms with Crippen LogP contribution in [0.1, 0.15) is 18.8 Å². The second kappa shape index (κ2) is 4.51. The molecular weight excluding hydrogens is 260 g/mol. The van der Waals surface area contributed by atoms with Crippen LogP contribution in [-0.2, 0) is 9.47 Å². The first-order chi connectivity index (χ1) is 7.20. The summed E-state index contributed by atoms with van der Waals surface area (Å²) in [5.74, 6) is 0.806. The van der Waals surface area contributed by atoms with Gasteiger partial charge in [-0.05, 0) is 25.1 Å². The van der Waals surface area contributed by atoms with Crippen LogP contribution in [0, 0.1) is 0 Å². The van der Waals surface area contributed by atoms with Gasteiger partial charge < -0.3 is 14.2 Å². The molecule has 1 saturated heterocycles. The van der Waals surface area contributed by atoms with Crippen molar-refractivity contribution in [3.05, 3.63) is 28.2 Å². The molecule has 0 saturated carbocycles. The van der Waals surface area contributed by atoms with Crippen molar-refractivity contribution in [3.8, 4) is 5.75 Å². The lowest BCUT2D eigenvalue weighted by Gasteiger charge is -2.13. The Kier molecular flexibility index (Phi) is 3.29. The first-order valence-electron chi connectivity index (χ1n) is 4.81. The Morgan fingerprint density at radius 1 is 1.47 bits per heavy atom. The van der Waals surface area contributed by atoms with Crippen molar-refractivity contribution < 1.29 is 14.2 Å². The second-order valence-corrected chi connectivity index (χ2v) is 4.35. The summed E-state index contributed by atoms with van der Waals surface area (Å²) >= 11 is 3.47. The highest BCUT2D eigenvalue weighted by Gasteiger charge is 2.26. The molecule has 0 N–H and O–H groups in total. The minimum atomic E-state index is -0.288. The summed E-state index contributed by atoms with van der Waals surface area (Å²) in [5.41, 5.74) is 0.971. The Morgan fingerprint density at radius 2 is 2.27 bits per heavy atom. The van der Waals surface area contributed by atoms with Crippen molar-refractivity contribution in [2.75, 3.05) is 13.7 Å². The van der Waals surface area contributed by atoms with Gasteiger partial charge in [-0.1, -0.05) is 15.9 Å². The van der Waals surface area contributed by atoms with Crippen molar-refractivity contribution in [2.45, 2.75) is 19.3 Å². The largest absolute Gasteiger partial charge is 0.497 e. The third-order valence-electron chi connectivity index (χ3n) is 2.30. The zero-order valence-electron chi connectivity index (χ0n) is 8.70. The van der Waals surface area contributed by atoms with Crippen LogP contribution in [0.4, 0.5) is 0 Å². The maximum absolute atomic E-state index is 5.62. The van der Waals surface area contributed by atoms with Crippen LogP contribution < -0.4 is 4.74 Å². The zero-order chi connectivity index (χ0) is 10.8. The van der Waals surface area contributed by atoms with Crippen molar-refractivity contribution in [3.63, 3.8) is 0 Å². The summed E-state index contributed by atoms with van der Waals surface area (Å²) in [6, 6.07) is 5.75. The van der Waals surface area contributed by atoms with Gasteiger partial charge in [-0.3, -0.25) is 0 Å². The van der Waals surface area contributed by atoms with Gasteiger partial charge in [0.05, 0.1) is 19.8 Å². The number of ether oxygens (including phenoxy) is 3.